The Hall–Kier alpha value is -0.480. The molecule has 1 aliphatic rings. The normalized spacial score (nSPS) is 28.1. The van der Waals surface area contributed by atoms with E-state index in [0.717, 1.165) is 5.75 Å². The molecule has 0 aromatic heterocycles. The topological polar surface area (TPSA) is 17.1 Å². The molecule has 0 aliphatic carbocycles. The van der Waals surface area contributed by atoms with Crippen molar-refractivity contribution in [1.82, 2.24) is 0 Å². The van der Waals surface area contributed by atoms with Gasteiger partial charge in [0.05, 0.1) is 5.25 Å². The Morgan fingerprint density at radius 1 is 1.33 bits per heavy atom. The van der Waals surface area contributed by atoms with Crippen molar-refractivity contribution in [2.24, 2.45) is 0 Å². The third-order valence-corrected chi connectivity index (χ3v) is 6.67. The number of rotatable bonds is 3. The minimum atomic E-state index is -0.277. The van der Waals surface area contributed by atoms with Crippen molar-refractivity contribution in [2.45, 2.75) is 36.0 Å². The van der Waals surface area contributed by atoms with Crippen LogP contribution in [-0.4, -0.2) is 27.3 Å². The summed E-state index contributed by atoms with van der Waals surface area (Å²) in [5, 5.41) is 1.09. The maximum atomic E-state index is 13.5. The first-order valence-corrected chi connectivity index (χ1v) is 8.10. The van der Waals surface area contributed by atoms with E-state index in [-0.39, 0.29) is 23.3 Å². The number of hydrogen-bond acceptors (Lipinski definition) is 3. The van der Waals surface area contributed by atoms with Crippen molar-refractivity contribution < 1.29 is 9.18 Å². The number of hydrogen-bond donors (Lipinski definition) is 0. The average Bonchev–Trinajstić information content (AvgIpc) is 2.35. The van der Waals surface area contributed by atoms with Crippen molar-refractivity contribution in [1.29, 1.82) is 0 Å². The van der Waals surface area contributed by atoms with Crippen LogP contribution in [0.4, 0.5) is 4.39 Å². The molecule has 1 heterocycles. The van der Waals surface area contributed by atoms with Crippen LogP contribution < -0.4 is 0 Å². The summed E-state index contributed by atoms with van der Waals surface area (Å²) in [6.45, 7) is 4.35. The Labute approximate surface area is 116 Å². The zero-order valence-electron chi connectivity index (χ0n) is 10.6. The molecule has 1 aliphatic heterocycles. The molecule has 0 amide bonds. The number of halogens is 1. The maximum absolute atomic E-state index is 13.5. The molecule has 3 unspecified atom stereocenters. The Morgan fingerprint density at radius 3 is 2.72 bits per heavy atom. The van der Waals surface area contributed by atoms with Gasteiger partial charge in [0.15, 0.2) is 5.78 Å². The van der Waals surface area contributed by atoms with Gasteiger partial charge in [-0.3, -0.25) is 4.79 Å². The van der Waals surface area contributed by atoms with Crippen LogP contribution in [0.2, 0.25) is 0 Å². The minimum Gasteiger partial charge on any atom is -0.298 e. The first kappa shape index (κ1) is 13.9. The number of carbonyl (C=O) groups is 1. The first-order valence-electron chi connectivity index (χ1n) is 6.11. The van der Waals surface area contributed by atoms with Crippen LogP contribution in [0.15, 0.2) is 24.3 Å². The summed E-state index contributed by atoms with van der Waals surface area (Å²) in [6.07, 6.45) is 0.214. The van der Waals surface area contributed by atoms with Crippen LogP contribution in [0, 0.1) is 5.82 Å². The third kappa shape index (κ3) is 3.29. The molecular formula is C14H17FOS2. The van der Waals surface area contributed by atoms with Gasteiger partial charge in [0.25, 0.3) is 0 Å². The summed E-state index contributed by atoms with van der Waals surface area (Å²) in [7, 11) is 0. The summed E-state index contributed by atoms with van der Waals surface area (Å²) >= 11 is 3.58. The largest absolute Gasteiger partial charge is 0.298 e. The van der Waals surface area contributed by atoms with Crippen molar-refractivity contribution in [3.05, 3.63) is 35.6 Å². The molecule has 1 aromatic rings. The predicted molar refractivity (Wildman–Crippen MR) is 77.9 cm³/mol. The van der Waals surface area contributed by atoms with E-state index in [0.29, 0.717) is 16.1 Å². The average molecular weight is 284 g/mol. The number of benzene rings is 1. The van der Waals surface area contributed by atoms with Gasteiger partial charge in [-0.2, -0.15) is 11.8 Å². The standard InChI is InChI=1S/C14H17FOS2/c1-9-10(2)18-14(8-17-9)13(16)7-11-5-3-4-6-12(11)15/h3-6,9-10,14H,7-8H2,1-2H3. The lowest BCUT2D eigenvalue weighted by Crippen LogP contribution is -2.32. The summed E-state index contributed by atoms with van der Waals surface area (Å²) in [5.41, 5.74) is 0.513. The van der Waals surface area contributed by atoms with Crippen LogP contribution >= 0.6 is 23.5 Å². The molecule has 1 saturated heterocycles. The Morgan fingerprint density at radius 2 is 2.06 bits per heavy atom. The van der Waals surface area contributed by atoms with Gasteiger partial charge in [-0.05, 0) is 11.6 Å². The highest BCUT2D eigenvalue weighted by molar-refractivity contribution is 8.08. The highest BCUT2D eigenvalue weighted by atomic mass is 32.2. The SMILES string of the molecule is CC1SCC(C(=O)Cc2ccccc2F)SC1C. The highest BCUT2D eigenvalue weighted by Crippen LogP contribution is 2.36. The van der Waals surface area contributed by atoms with Crippen LogP contribution in [0.5, 0.6) is 0 Å². The van der Waals surface area contributed by atoms with E-state index in [1.807, 2.05) is 11.8 Å². The molecule has 0 spiro atoms. The summed E-state index contributed by atoms with van der Waals surface area (Å²) in [4.78, 5) is 12.2. The molecule has 4 heteroatoms. The fourth-order valence-electron chi connectivity index (χ4n) is 1.90. The molecule has 0 saturated carbocycles. The van der Waals surface area contributed by atoms with E-state index in [1.54, 1.807) is 30.0 Å². The van der Waals surface area contributed by atoms with E-state index < -0.39 is 0 Å². The first-order chi connectivity index (χ1) is 8.58. The highest BCUT2D eigenvalue weighted by Gasteiger charge is 2.30. The van der Waals surface area contributed by atoms with Crippen molar-refractivity contribution in [3.8, 4) is 0 Å². The maximum Gasteiger partial charge on any atom is 0.151 e. The summed E-state index contributed by atoms with van der Waals surface area (Å²) in [6, 6.07) is 6.54. The van der Waals surface area contributed by atoms with Crippen molar-refractivity contribution in [3.63, 3.8) is 0 Å². The van der Waals surface area contributed by atoms with Crippen molar-refractivity contribution in [2.75, 3.05) is 5.75 Å². The fraction of sp³-hybridized carbons (Fsp3) is 0.500. The number of Topliss-reactive ketones (excluding diaryl/α,β-unsaturated/α-hetero) is 1. The van der Waals surface area contributed by atoms with Crippen molar-refractivity contribution >= 4 is 29.3 Å². The molecule has 0 radical (unpaired) electrons. The van der Waals surface area contributed by atoms with Gasteiger partial charge < -0.3 is 0 Å². The molecule has 18 heavy (non-hydrogen) atoms. The number of ketones is 1. The summed E-state index contributed by atoms with van der Waals surface area (Å²) in [5.74, 6) is 0.723. The second-order valence-electron chi connectivity index (χ2n) is 4.60. The molecule has 1 aromatic carbocycles. The predicted octanol–water partition coefficient (Wildman–Crippen LogP) is 3.56. The molecule has 1 fully saturated rings. The quantitative estimate of drug-likeness (QED) is 0.845. The Bertz CT molecular complexity index is 436. The van der Waals surface area contributed by atoms with E-state index in [9.17, 15) is 9.18 Å². The lowest BCUT2D eigenvalue weighted by molar-refractivity contribution is -0.117. The molecule has 98 valence electrons. The zero-order valence-corrected chi connectivity index (χ0v) is 12.2. The lowest BCUT2D eigenvalue weighted by Gasteiger charge is -2.30. The summed E-state index contributed by atoms with van der Waals surface area (Å²) < 4.78 is 13.5. The van der Waals surface area contributed by atoms with E-state index >= 15 is 0 Å². The molecule has 3 atom stereocenters. The fourth-order valence-corrected chi connectivity index (χ4v) is 4.78. The number of thioether (sulfide) groups is 2. The van der Waals surface area contributed by atoms with E-state index in [4.69, 9.17) is 0 Å². The molecule has 2 rings (SSSR count). The molecule has 0 N–H and O–H groups in total. The van der Waals surface area contributed by atoms with Crippen LogP contribution in [0.25, 0.3) is 0 Å². The second-order valence-corrected chi connectivity index (χ2v) is 7.60. The van der Waals surface area contributed by atoms with Crippen LogP contribution in [0.1, 0.15) is 19.4 Å². The van der Waals surface area contributed by atoms with Crippen LogP contribution in [0.3, 0.4) is 0 Å². The zero-order chi connectivity index (χ0) is 13.1. The minimum absolute atomic E-state index is 0.0146. The van der Waals surface area contributed by atoms with Gasteiger partial charge >= 0.3 is 0 Å². The molecule has 1 nitrogen and oxygen atoms in total. The van der Waals surface area contributed by atoms with Gasteiger partial charge in [-0.25, -0.2) is 4.39 Å². The number of carbonyl (C=O) groups excluding carboxylic acids is 1. The second kappa shape index (κ2) is 6.11. The Kier molecular flexibility index (Phi) is 4.73. The van der Waals surface area contributed by atoms with Gasteiger partial charge in [-0.15, -0.1) is 11.8 Å². The van der Waals surface area contributed by atoms with Gasteiger partial charge in [0.1, 0.15) is 5.82 Å². The smallest absolute Gasteiger partial charge is 0.151 e. The van der Waals surface area contributed by atoms with Gasteiger partial charge in [0.2, 0.25) is 0 Å². The van der Waals surface area contributed by atoms with Gasteiger partial charge in [-0.1, -0.05) is 32.0 Å². The monoisotopic (exact) mass is 284 g/mol. The molecular weight excluding hydrogens is 267 g/mol. The van der Waals surface area contributed by atoms with E-state index in [2.05, 4.69) is 13.8 Å². The van der Waals surface area contributed by atoms with E-state index in [1.165, 1.54) is 6.07 Å². The molecule has 0 bridgehead atoms. The Balaban J connectivity index is 1.99. The van der Waals surface area contributed by atoms with Gasteiger partial charge in [0, 0.05) is 22.7 Å². The third-order valence-electron chi connectivity index (χ3n) is 3.23. The van der Waals surface area contributed by atoms with Crippen LogP contribution in [-0.2, 0) is 11.2 Å². The lowest BCUT2D eigenvalue weighted by atomic mass is 10.1.